The number of ether oxygens (including phenoxy) is 1. The van der Waals surface area contributed by atoms with Gasteiger partial charge in [-0.05, 0) is 31.4 Å². The number of anilines is 1. The molecule has 5 heteroatoms. The molecule has 1 heterocycles. The van der Waals surface area contributed by atoms with Crippen molar-refractivity contribution in [3.8, 4) is 0 Å². The fourth-order valence-corrected chi connectivity index (χ4v) is 2.33. The van der Waals surface area contributed by atoms with Gasteiger partial charge in [0.15, 0.2) is 0 Å². The second-order valence-electron chi connectivity index (χ2n) is 4.23. The SMILES string of the molecule is COC1CCCC1Nc1cccc(C(N)=S)n1. The quantitative estimate of drug-likeness (QED) is 0.798. The summed E-state index contributed by atoms with van der Waals surface area (Å²) < 4.78 is 5.43. The van der Waals surface area contributed by atoms with Crippen LogP contribution in [0.2, 0.25) is 0 Å². The number of nitrogens with zero attached hydrogens (tertiary/aromatic N) is 1. The number of nitrogens with one attached hydrogen (secondary N) is 1. The van der Waals surface area contributed by atoms with Crippen molar-refractivity contribution in [2.45, 2.75) is 31.4 Å². The summed E-state index contributed by atoms with van der Waals surface area (Å²) in [5.41, 5.74) is 6.21. The first-order valence-corrected chi connectivity index (χ1v) is 6.17. The highest BCUT2D eigenvalue weighted by Gasteiger charge is 2.27. The molecule has 17 heavy (non-hydrogen) atoms. The lowest BCUT2D eigenvalue weighted by Crippen LogP contribution is -2.30. The number of aromatic nitrogens is 1. The van der Waals surface area contributed by atoms with E-state index in [0.717, 1.165) is 18.7 Å². The van der Waals surface area contributed by atoms with Crippen molar-refractivity contribution in [2.75, 3.05) is 12.4 Å². The Kier molecular flexibility index (Phi) is 3.91. The van der Waals surface area contributed by atoms with E-state index >= 15 is 0 Å². The lowest BCUT2D eigenvalue weighted by molar-refractivity contribution is 0.101. The van der Waals surface area contributed by atoms with E-state index < -0.39 is 0 Å². The lowest BCUT2D eigenvalue weighted by atomic mass is 10.2. The first-order chi connectivity index (χ1) is 8.20. The maximum absolute atomic E-state index is 5.56. The Labute approximate surface area is 107 Å². The summed E-state index contributed by atoms with van der Waals surface area (Å²) in [5, 5.41) is 3.39. The number of nitrogens with two attached hydrogens (primary N) is 1. The summed E-state index contributed by atoms with van der Waals surface area (Å²) in [6.07, 6.45) is 3.66. The van der Waals surface area contributed by atoms with Gasteiger partial charge in [-0.1, -0.05) is 18.3 Å². The average molecular weight is 251 g/mol. The highest BCUT2D eigenvalue weighted by molar-refractivity contribution is 7.80. The highest BCUT2D eigenvalue weighted by Crippen LogP contribution is 2.24. The zero-order chi connectivity index (χ0) is 12.3. The van der Waals surface area contributed by atoms with Gasteiger partial charge >= 0.3 is 0 Å². The van der Waals surface area contributed by atoms with E-state index in [1.807, 2.05) is 18.2 Å². The molecule has 4 nitrogen and oxygen atoms in total. The van der Waals surface area contributed by atoms with Gasteiger partial charge in [0.2, 0.25) is 0 Å². The van der Waals surface area contributed by atoms with E-state index in [4.69, 9.17) is 22.7 Å². The molecule has 2 rings (SSSR count). The van der Waals surface area contributed by atoms with Crippen molar-refractivity contribution in [2.24, 2.45) is 5.73 Å². The predicted molar refractivity (Wildman–Crippen MR) is 72.2 cm³/mol. The van der Waals surface area contributed by atoms with Gasteiger partial charge in [0.05, 0.1) is 17.8 Å². The van der Waals surface area contributed by atoms with Gasteiger partial charge in [0.25, 0.3) is 0 Å². The number of hydrogen-bond donors (Lipinski definition) is 2. The molecule has 1 aliphatic carbocycles. The Morgan fingerprint density at radius 1 is 1.53 bits per heavy atom. The second kappa shape index (κ2) is 5.42. The summed E-state index contributed by atoms with van der Waals surface area (Å²) in [5.74, 6) is 0.809. The maximum Gasteiger partial charge on any atom is 0.127 e. The Morgan fingerprint density at radius 2 is 2.35 bits per heavy atom. The molecule has 3 N–H and O–H groups in total. The van der Waals surface area contributed by atoms with E-state index in [0.29, 0.717) is 16.7 Å². The molecular formula is C12H17N3OS. The lowest BCUT2D eigenvalue weighted by Gasteiger charge is -2.20. The molecule has 0 bridgehead atoms. The normalized spacial score (nSPS) is 23.6. The van der Waals surface area contributed by atoms with Crippen molar-refractivity contribution in [3.05, 3.63) is 23.9 Å². The first kappa shape index (κ1) is 12.3. The summed E-state index contributed by atoms with van der Waals surface area (Å²) in [7, 11) is 1.75. The largest absolute Gasteiger partial charge is 0.388 e. The van der Waals surface area contributed by atoms with Crippen molar-refractivity contribution >= 4 is 23.0 Å². The van der Waals surface area contributed by atoms with Gasteiger partial charge in [-0.15, -0.1) is 0 Å². The zero-order valence-electron chi connectivity index (χ0n) is 9.85. The second-order valence-corrected chi connectivity index (χ2v) is 4.67. The smallest absolute Gasteiger partial charge is 0.127 e. The van der Waals surface area contributed by atoms with E-state index in [2.05, 4.69) is 10.3 Å². The molecule has 1 aromatic rings. The Hall–Kier alpha value is -1.20. The number of rotatable bonds is 4. The summed E-state index contributed by atoms with van der Waals surface area (Å²) in [6, 6.07) is 5.97. The van der Waals surface area contributed by atoms with Crippen LogP contribution in [0, 0.1) is 0 Å². The average Bonchev–Trinajstić information content (AvgIpc) is 2.76. The Morgan fingerprint density at radius 3 is 3.06 bits per heavy atom. The van der Waals surface area contributed by atoms with Crippen molar-refractivity contribution < 1.29 is 4.74 Å². The molecule has 0 radical (unpaired) electrons. The van der Waals surface area contributed by atoms with Crippen LogP contribution >= 0.6 is 12.2 Å². The minimum atomic E-state index is 0.269. The molecule has 1 saturated carbocycles. The van der Waals surface area contributed by atoms with E-state index in [9.17, 15) is 0 Å². The van der Waals surface area contributed by atoms with Crippen LogP contribution in [-0.2, 0) is 4.74 Å². The molecule has 0 spiro atoms. The molecule has 92 valence electrons. The molecule has 1 aliphatic rings. The number of thiocarbonyl (C=S) groups is 1. The third-order valence-electron chi connectivity index (χ3n) is 3.09. The van der Waals surface area contributed by atoms with Crippen LogP contribution in [0.15, 0.2) is 18.2 Å². The minimum absolute atomic E-state index is 0.269. The first-order valence-electron chi connectivity index (χ1n) is 5.77. The monoisotopic (exact) mass is 251 g/mol. The third-order valence-corrected chi connectivity index (χ3v) is 3.30. The molecule has 0 aliphatic heterocycles. The Bertz CT molecular complexity index is 410. The maximum atomic E-state index is 5.56. The topological polar surface area (TPSA) is 60.2 Å². The molecule has 1 aromatic heterocycles. The van der Waals surface area contributed by atoms with Crippen molar-refractivity contribution in [1.82, 2.24) is 4.98 Å². The summed E-state index contributed by atoms with van der Waals surface area (Å²) in [4.78, 5) is 4.69. The van der Waals surface area contributed by atoms with E-state index in [1.54, 1.807) is 7.11 Å². The highest BCUT2D eigenvalue weighted by atomic mass is 32.1. The molecule has 0 aromatic carbocycles. The molecule has 1 fully saturated rings. The zero-order valence-corrected chi connectivity index (χ0v) is 10.7. The van der Waals surface area contributed by atoms with E-state index in [1.165, 1.54) is 6.42 Å². The van der Waals surface area contributed by atoms with Gasteiger partial charge in [0.1, 0.15) is 10.8 Å². The molecule has 2 atom stereocenters. The Balaban J connectivity index is 2.07. The van der Waals surface area contributed by atoms with Crippen LogP contribution in [-0.4, -0.2) is 29.2 Å². The van der Waals surface area contributed by atoms with Crippen LogP contribution in [0.25, 0.3) is 0 Å². The summed E-state index contributed by atoms with van der Waals surface area (Å²) >= 11 is 4.91. The van der Waals surface area contributed by atoms with E-state index in [-0.39, 0.29) is 6.10 Å². The van der Waals surface area contributed by atoms with Gasteiger partial charge in [-0.2, -0.15) is 0 Å². The van der Waals surface area contributed by atoms with Gasteiger partial charge in [0, 0.05) is 7.11 Å². The van der Waals surface area contributed by atoms with Crippen LogP contribution in [0.1, 0.15) is 25.0 Å². The molecular weight excluding hydrogens is 234 g/mol. The van der Waals surface area contributed by atoms with Gasteiger partial charge in [-0.3, -0.25) is 0 Å². The number of pyridine rings is 1. The molecule has 2 unspecified atom stereocenters. The fraction of sp³-hybridized carbons (Fsp3) is 0.500. The predicted octanol–water partition coefficient (Wildman–Crippen LogP) is 1.70. The third kappa shape index (κ3) is 2.92. The minimum Gasteiger partial charge on any atom is -0.388 e. The van der Waals surface area contributed by atoms with Gasteiger partial charge in [-0.25, -0.2) is 4.98 Å². The van der Waals surface area contributed by atoms with Crippen LogP contribution in [0.5, 0.6) is 0 Å². The number of hydrogen-bond acceptors (Lipinski definition) is 4. The number of methoxy groups -OCH3 is 1. The van der Waals surface area contributed by atoms with Crippen LogP contribution in [0.4, 0.5) is 5.82 Å². The fourth-order valence-electron chi connectivity index (χ4n) is 2.22. The van der Waals surface area contributed by atoms with Crippen LogP contribution < -0.4 is 11.1 Å². The van der Waals surface area contributed by atoms with Crippen molar-refractivity contribution in [3.63, 3.8) is 0 Å². The standard InChI is InChI=1S/C12H17N3OS/c1-16-10-6-2-4-8(10)14-11-7-3-5-9(15-11)12(13)17/h3,5,7-8,10H,2,4,6H2,1H3,(H2,13,17)(H,14,15). The van der Waals surface area contributed by atoms with Crippen LogP contribution in [0.3, 0.4) is 0 Å². The molecule has 0 saturated heterocycles. The van der Waals surface area contributed by atoms with Crippen molar-refractivity contribution in [1.29, 1.82) is 0 Å². The summed E-state index contributed by atoms with van der Waals surface area (Å²) in [6.45, 7) is 0. The van der Waals surface area contributed by atoms with Gasteiger partial charge < -0.3 is 15.8 Å². The molecule has 0 amide bonds.